The maximum atomic E-state index is 9.48. The van der Waals surface area contributed by atoms with Crippen LogP contribution in [0.5, 0.6) is 0 Å². The maximum Gasteiger partial charge on any atom is 0.181 e. The predicted octanol–water partition coefficient (Wildman–Crippen LogP) is 1.11. The molecule has 1 aliphatic carbocycles. The number of nitroso groups, excluding NO2 is 1. The van der Waals surface area contributed by atoms with Gasteiger partial charge in [0.25, 0.3) is 0 Å². The van der Waals surface area contributed by atoms with Crippen LogP contribution in [0.1, 0.15) is 12.8 Å². The Labute approximate surface area is 59.5 Å². The van der Waals surface area contributed by atoms with Gasteiger partial charge in [0.05, 0.1) is 6.61 Å². The molecule has 1 fully saturated rings. The SMILES string of the molecule is O=NCOCOCC1CC1. The standard InChI is InChI=1S/C6H11NO3/c8-7-4-10-5-9-3-6-1-2-6/h6H,1-5H2. The first kappa shape index (κ1) is 7.63. The molecule has 1 aliphatic rings. The highest BCUT2D eigenvalue weighted by atomic mass is 16.7. The third-order valence-electron chi connectivity index (χ3n) is 1.36. The number of nitrogens with zero attached hydrogens (tertiary/aromatic N) is 1. The highest BCUT2D eigenvalue weighted by molar-refractivity contribution is 4.71. The first-order valence-electron chi connectivity index (χ1n) is 3.38. The van der Waals surface area contributed by atoms with E-state index in [0.717, 1.165) is 12.5 Å². The van der Waals surface area contributed by atoms with E-state index in [9.17, 15) is 4.91 Å². The van der Waals surface area contributed by atoms with E-state index in [4.69, 9.17) is 4.74 Å². The van der Waals surface area contributed by atoms with Gasteiger partial charge in [-0.3, -0.25) is 0 Å². The van der Waals surface area contributed by atoms with Gasteiger partial charge >= 0.3 is 0 Å². The molecule has 0 heterocycles. The van der Waals surface area contributed by atoms with Crippen LogP contribution < -0.4 is 0 Å². The summed E-state index contributed by atoms with van der Waals surface area (Å²) in [5, 5.41) is 2.52. The van der Waals surface area contributed by atoms with Crippen molar-refractivity contribution in [1.82, 2.24) is 0 Å². The van der Waals surface area contributed by atoms with Crippen molar-refractivity contribution in [3.05, 3.63) is 4.91 Å². The molecule has 0 aromatic rings. The minimum absolute atomic E-state index is 0.106. The molecular formula is C6H11NO3. The van der Waals surface area contributed by atoms with E-state index in [1.807, 2.05) is 0 Å². The van der Waals surface area contributed by atoms with E-state index in [0.29, 0.717) is 0 Å². The third-order valence-corrected chi connectivity index (χ3v) is 1.36. The molecule has 0 bridgehead atoms. The fraction of sp³-hybridized carbons (Fsp3) is 1.00. The van der Waals surface area contributed by atoms with Crippen LogP contribution in [0.2, 0.25) is 0 Å². The van der Waals surface area contributed by atoms with Gasteiger partial charge in [0.15, 0.2) is 6.73 Å². The van der Waals surface area contributed by atoms with Gasteiger partial charge in [-0.05, 0) is 23.9 Å². The van der Waals surface area contributed by atoms with Gasteiger partial charge in [0, 0.05) is 0 Å². The summed E-state index contributed by atoms with van der Waals surface area (Å²) in [6.07, 6.45) is 2.54. The van der Waals surface area contributed by atoms with Crippen LogP contribution in [0.4, 0.5) is 0 Å². The zero-order chi connectivity index (χ0) is 7.23. The van der Waals surface area contributed by atoms with Gasteiger partial charge in [-0.15, -0.1) is 4.91 Å². The second-order valence-corrected chi connectivity index (χ2v) is 2.39. The molecule has 0 spiro atoms. The Hall–Kier alpha value is -0.480. The molecule has 0 amide bonds. The zero-order valence-corrected chi connectivity index (χ0v) is 5.78. The second kappa shape index (κ2) is 4.35. The van der Waals surface area contributed by atoms with E-state index in [1.165, 1.54) is 12.8 Å². The van der Waals surface area contributed by atoms with Crippen molar-refractivity contribution in [3.63, 3.8) is 0 Å². The van der Waals surface area contributed by atoms with Crippen LogP contribution in [0.3, 0.4) is 0 Å². The summed E-state index contributed by atoms with van der Waals surface area (Å²) in [6.45, 7) is 0.853. The highest BCUT2D eigenvalue weighted by Crippen LogP contribution is 2.28. The molecule has 10 heavy (non-hydrogen) atoms. The van der Waals surface area contributed by atoms with E-state index in [-0.39, 0.29) is 13.5 Å². The molecule has 0 aromatic heterocycles. The van der Waals surface area contributed by atoms with Crippen molar-refractivity contribution in [3.8, 4) is 0 Å². The summed E-state index contributed by atoms with van der Waals surface area (Å²) in [7, 11) is 0. The van der Waals surface area contributed by atoms with Crippen LogP contribution in [-0.2, 0) is 9.47 Å². The van der Waals surface area contributed by atoms with Crippen LogP contribution in [0, 0.1) is 10.8 Å². The van der Waals surface area contributed by atoms with E-state index >= 15 is 0 Å². The Balaban J connectivity index is 1.72. The Morgan fingerprint density at radius 3 is 2.80 bits per heavy atom. The van der Waals surface area contributed by atoms with Gasteiger partial charge < -0.3 is 9.47 Å². The summed E-state index contributed by atoms with van der Waals surface area (Å²) in [5.41, 5.74) is 0. The molecule has 1 rings (SSSR count). The Morgan fingerprint density at radius 1 is 1.40 bits per heavy atom. The van der Waals surface area contributed by atoms with Crippen molar-refractivity contribution in [1.29, 1.82) is 0 Å². The largest absolute Gasteiger partial charge is 0.355 e. The lowest BCUT2D eigenvalue weighted by atomic mass is 10.5. The van der Waals surface area contributed by atoms with Crippen molar-refractivity contribution in [2.24, 2.45) is 11.1 Å². The maximum absolute atomic E-state index is 9.48. The lowest BCUT2D eigenvalue weighted by molar-refractivity contribution is -0.0548. The summed E-state index contributed by atoms with van der Waals surface area (Å²) >= 11 is 0. The molecule has 0 aromatic carbocycles. The van der Waals surface area contributed by atoms with Gasteiger partial charge in [0.1, 0.15) is 6.79 Å². The molecule has 0 N–H and O–H groups in total. The number of hydrogen-bond donors (Lipinski definition) is 0. The number of ether oxygens (including phenoxy) is 2. The average molecular weight is 145 g/mol. The summed E-state index contributed by atoms with van der Waals surface area (Å²) in [5.74, 6) is 0.743. The van der Waals surface area contributed by atoms with Gasteiger partial charge in [-0.1, -0.05) is 0 Å². The van der Waals surface area contributed by atoms with Crippen molar-refractivity contribution >= 4 is 0 Å². The van der Waals surface area contributed by atoms with Gasteiger partial charge in [-0.25, -0.2) is 0 Å². The Bertz CT molecular complexity index is 103. The monoisotopic (exact) mass is 145 g/mol. The smallest absolute Gasteiger partial charge is 0.181 e. The van der Waals surface area contributed by atoms with Crippen LogP contribution in [0.15, 0.2) is 5.18 Å². The normalized spacial score (nSPS) is 17.2. The minimum atomic E-state index is -0.106. The Kier molecular flexibility index (Phi) is 3.32. The van der Waals surface area contributed by atoms with Crippen LogP contribution >= 0.6 is 0 Å². The lowest BCUT2D eigenvalue weighted by Gasteiger charge is -1.99. The Morgan fingerprint density at radius 2 is 2.20 bits per heavy atom. The predicted molar refractivity (Wildman–Crippen MR) is 35.3 cm³/mol. The first-order chi connectivity index (χ1) is 4.93. The molecule has 4 heteroatoms. The summed E-state index contributed by atoms with van der Waals surface area (Å²) < 4.78 is 9.70. The van der Waals surface area contributed by atoms with Gasteiger partial charge in [0.2, 0.25) is 0 Å². The minimum Gasteiger partial charge on any atom is -0.355 e. The topological polar surface area (TPSA) is 47.9 Å². The number of hydrogen-bond acceptors (Lipinski definition) is 4. The third kappa shape index (κ3) is 3.53. The summed E-state index contributed by atoms with van der Waals surface area (Å²) in [6, 6.07) is 0. The van der Waals surface area contributed by atoms with Crippen LogP contribution in [-0.4, -0.2) is 20.1 Å². The molecule has 1 saturated carbocycles. The van der Waals surface area contributed by atoms with E-state index in [1.54, 1.807) is 0 Å². The van der Waals surface area contributed by atoms with Crippen LogP contribution in [0.25, 0.3) is 0 Å². The molecular weight excluding hydrogens is 134 g/mol. The second-order valence-electron chi connectivity index (χ2n) is 2.39. The lowest BCUT2D eigenvalue weighted by Crippen LogP contribution is -2.02. The van der Waals surface area contributed by atoms with Crippen molar-refractivity contribution in [2.75, 3.05) is 20.1 Å². The fourth-order valence-corrected chi connectivity index (χ4v) is 0.633. The molecule has 0 unspecified atom stereocenters. The van der Waals surface area contributed by atoms with Crippen molar-refractivity contribution < 1.29 is 9.47 Å². The molecule has 0 radical (unpaired) electrons. The molecule has 0 aliphatic heterocycles. The van der Waals surface area contributed by atoms with Crippen molar-refractivity contribution in [2.45, 2.75) is 12.8 Å². The molecule has 4 nitrogen and oxygen atoms in total. The van der Waals surface area contributed by atoms with Gasteiger partial charge in [-0.2, -0.15) is 0 Å². The molecule has 0 saturated heterocycles. The van der Waals surface area contributed by atoms with E-state index in [2.05, 4.69) is 9.91 Å². The molecule has 58 valence electrons. The number of rotatable bonds is 6. The molecule has 0 atom stereocenters. The van der Waals surface area contributed by atoms with E-state index < -0.39 is 0 Å². The fourth-order valence-electron chi connectivity index (χ4n) is 0.633. The quantitative estimate of drug-likeness (QED) is 0.319. The highest BCUT2D eigenvalue weighted by Gasteiger charge is 2.20. The average Bonchev–Trinajstić information content (AvgIpc) is 2.71. The summed E-state index contributed by atoms with van der Waals surface area (Å²) in [4.78, 5) is 9.48. The first-order valence-corrected chi connectivity index (χ1v) is 3.38. The zero-order valence-electron chi connectivity index (χ0n) is 5.78.